The zero-order chi connectivity index (χ0) is 15.6. The van der Waals surface area contributed by atoms with Crippen molar-refractivity contribution in [1.29, 1.82) is 0 Å². The summed E-state index contributed by atoms with van der Waals surface area (Å²) in [4.78, 5) is 0. The van der Waals surface area contributed by atoms with Crippen LogP contribution in [0.4, 0.5) is 0 Å². The van der Waals surface area contributed by atoms with Gasteiger partial charge >= 0.3 is 0 Å². The molecule has 2 atom stereocenters. The second-order valence-corrected chi connectivity index (χ2v) is 5.59. The first-order valence-electron chi connectivity index (χ1n) is 7.37. The van der Waals surface area contributed by atoms with Crippen molar-refractivity contribution in [2.75, 3.05) is 0 Å². The standard InChI is InChI=1S/C20H20N2/c1-2-15-8-10-17(11-9-15)20(16-6-4-3-5-7-16)14-18(21)12-13-19(20)22/h2-14,19H,1,21-22H2. The van der Waals surface area contributed by atoms with Gasteiger partial charge in [-0.05, 0) is 28.8 Å². The smallest absolute Gasteiger partial charge is 0.0591 e. The summed E-state index contributed by atoms with van der Waals surface area (Å²) in [5.41, 5.74) is 16.3. The number of nitrogens with two attached hydrogens (primary N) is 2. The van der Waals surface area contributed by atoms with Gasteiger partial charge in [-0.15, -0.1) is 0 Å². The SMILES string of the molecule is C=Cc1ccc(C2(c3ccccc3)C=C(N)C=CC2N)cc1. The fraction of sp³-hybridized carbons (Fsp3) is 0.100. The zero-order valence-electron chi connectivity index (χ0n) is 12.4. The van der Waals surface area contributed by atoms with E-state index in [1.165, 1.54) is 0 Å². The van der Waals surface area contributed by atoms with E-state index in [-0.39, 0.29) is 6.04 Å². The Bertz CT molecular complexity index is 726. The van der Waals surface area contributed by atoms with Gasteiger partial charge in [0.2, 0.25) is 0 Å². The second kappa shape index (κ2) is 5.66. The van der Waals surface area contributed by atoms with Crippen LogP contribution in [0.3, 0.4) is 0 Å². The minimum atomic E-state index is -0.445. The van der Waals surface area contributed by atoms with E-state index in [1.807, 2.05) is 36.4 Å². The van der Waals surface area contributed by atoms with E-state index in [2.05, 4.69) is 49.1 Å². The molecule has 4 N–H and O–H groups in total. The van der Waals surface area contributed by atoms with Gasteiger partial charge in [-0.2, -0.15) is 0 Å². The average molecular weight is 288 g/mol. The van der Waals surface area contributed by atoms with Crippen LogP contribution in [0.1, 0.15) is 16.7 Å². The van der Waals surface area contributed by atoms with Crippen LogP contribution in [0, 0.1) is 0 Å². The number of rotatable bonds is 3. The van der Waals surface area contributed by atoms with Crippen LogP contribution in [0.25, 0.3) is 6.08 Å². The van der Waals surface area contributed by atoms with Gasteiger partial charge in [0, 0.05) is 11.7 Å². The van der Waals surface area contributed by atoms with Gasteiger partial charge in [0.05, 0.1) is 5.41 Å². The lowest BCUT2D eigenvalue weighted by atomic mass is 9.67. The first-order valence-corrected chi connectivity index (χ1v) is 7.37. The first-order chi connectivity index (χ1) is 10.7. The van der Waals surface area contributed by atoms with Gasteiger partial charge in [0.1, 0.15) is 0 Å². The molecule has 0 heterocycles. The molecule has 0 radical (unpaired) electrons. The lowest BCUT2D eigenvalue weighted by Gasteiger charge is -2.38. The maximum atomic E-state index is 6.50. The summed E-state index contributed by atoms with van der Waals surface area (Å²) in [5.74, 6) is 0. The highest BCUT2D eigenvalue weighted by atomic mass is 14.7. The van der Waals surface area contributed by atoms with Crippen molar-refractivity contribution in [3.8, 4) is 0 Å². The molecule has 2 unspecified atom stereocenters. The first kappa shape index (κ1) is 14.4. The van der Waals surface area contributed by atoms with Crippen molar-refractivity contribution < 1.29 is 0 Å². The van der Waals surface area contributed by atoms with E-state index >= 15 is 0 Å². The Labute approximate surface area is 131 Å². The Hall–Kier alpha value is -2.58. The topological polar surface area (TPSA) is 52.0 Å². The molecule has 110 valence electrons. The molecule has 2 aromatic rings. The zero-order valence-corrected chi connectivity index (χ0v) is 12.4. The summed E-state index contributed by atoms with van der Waals surface area (Å²) in [5, 5.41) is 0. The Morgan fingerprint density at radius 1 is 0.955 bits per heavy atom. The van der Waals surface area contributed by atoms with E-state index in [0.717, 1.165) is 22.4 Å². The highest BCUT2D eigenvalue weighted by Crippen LogP contribution is 2.39. The number of hydrogen-bond acceptors (Lipinski definition) is 2. The average Bonchev–Trinajstić information content (AvgIpc) is 2.58. The van der Waals surface area contributed by atoms with Gasteiger partial charge < -0.3 is 11.5 Å². The Morgan fingerprint density at radius 3 is 2.23 bits per heavy atom. The maximum Gasteiger partial charge on any atom is 0.0591 e. The molecule has 2 heteroatoms. The number of allylic oxidation sites excluding steroid dienone is 1. The summed E-state index contributed by atoms with van der Waals surface area (Å²) >= 11 is 0. The van der Waals surface area contributed by atoms with Gasteiger partial charge in [-0.1, -0.05) is 73.3 Å². The van der Waals surface area contributed by atoms with Crippen LogP contribution in [-0.2, 0) is 5.41 Å². The summed E-state index contributed by atoms with van der Waals surface area (Å²) < 4.78 is 0. The molecular weight excluding hydrogens is 268 g/mol. The van der Waals surface area contributed by atoms with Crippen molar-refractivity contribution in [1.82, 2.24) is 0 Å². The number of hydrogen-bond donors (Lipinski definition) is 2. The van der Waals surface area contributed by atoms with Crippen LogP contribution >= 0.6 is 0 Å². The monoisotopic (exact) mass is 288 g/mol. The van der Waals surface area contributed by atoms with Gasteiger partial charge in [-0.3, -0.25) is 0 Å². The Kier molecular flexibility index (Phi) is 3.70. The highest BCUT2D eigenvalue weighted by Gasteiger charge is 2.38. The van der Waals surface area contributed by atoms with Crippen molar-refractivity contribution in [3.05, 3.63) is 102 Å². The normalized spacial score (nSPS) is 23.9. The third kappa shape index (κ3) is 2.28. The van der Waals surface area contributed by atoms with Crippen molar-refractivity contribution in [2.24, 2.45) is 11.5 Å². The van der Waals surface area contributed by atoms with E-state index in [1.54, 1.807) is 0 Å². The molecule has 1 aliphatic rings. The minimum absolute atomic E-state index is 0.170. The van der Waals surface area contributed by atoms with Crippen LogP contribution < -0.4 is 11.5 Å². The molecule has 3 rings (SSSR count). The maximum absolute atomic E-state index is 6.50. The molecule has 22 heavy (non-hydrogen) atoms. The molecule has 0 fully saturated rings. The second-order valence-electron chi connectivity index (χ2n) is 5.59. The lowest BCUT2D eigenvalue weighted by Crippen LogP contribution is -2.45. The van der Waals surface area contributed by atoms with Crippen LogP contribution in [0.2, 0.25) is 0 Å². The number of benzene rings is 2. The van der Waals surface area contributed by atoms with Crippen LogP contribution in [0.5, 0.6) is 0 Å². The van der Waals surface area contributed by atoms with E-state index in [4.69, 9.17) is 11.5 Å². The van der Waals surface area contributed by atoms with Crippen molar-refractivity contribution >= 4 is 6.08 Å². The molecule has 2 nitrogen and oxygen atoms in total. The lowest BCUT2D eigenvalue weighted by molar-refractivity contribution is 0.554. The molecule has 1 aliphatic carbocycles. The molecule has 0 amide bonds. The fourth-order valence-corrected chi connectivity index (χ4v) is 3.10. The molecule has 2 aromatic carbocycles. The van der Waals surface area contributed by atoms with Crippen LogP contribution in [-0.4, -0.2) is 6.04 Å². The third-order valence-electron chi connectivity index (χ3n) is 4.29. The summed E-state index contributed by atoms with van der Waals surface area (Å²) in [6, 6.07) is 18.4. The third-order valence-corrected chi connectivity index (χ3v) is 4.29. The summed E-state index contributed by atoms with van der Waals surface area (Å²) in [6.45, 7) is 3.81. The van der Waals surface area contributed by atoms with Gasteiger partial charge in [0.25, 0.3) is 0 Å². The van der Waals surface area contributed by atoms with E-state index in [0.29, 0.717) is 0 Å². The van der Waals surface area contributed by atoms with E-state index in [9.17, 15) is 0 Å². The fourth-order valence-electron chi connectivity index (χ4n) is 3.10. The molecule has 0 saturated heterocycles. The molecule has 0 aromatic heterocycles. The molecular formula is C20H20N2. The molecule has 0 saturated carbocycles. The Morgan fingerprint density at radius 2 is 1.59 bits per heavy atom. The van der Waals surface area contributed by atoms with Gasteiger partial charge in [-0.25, -0.2) is 0 Å². The quantitative estimate of drug-likeness (QED) is 0.910. The molecule has 0 bridgehead atoms. The summed E-state index contributed by atoms with van der Waals surface area (Å²) in [7, 11) is 0. The highest BCUT2D eigenvalue weighted by molar-refractivity contribution is 5.55. The predicted octanol–water partition coefficient (Wildman–Crippen LogP) is 3.36. The molecule has 0 spiro atoms. The van der Waals surface area contributed by atoms with E-state index < -0.39 is 5.41 Å². The Balaban J connectivity index is 2.23. The largest absolute Gasteiger partial charge is 0.399 e. The molecule has 0 aliphatic heterocycles. The summed E-state index contributed by atoms with van der Waals surface area (Å²) in [6.07, 6.45) is 7.76. The van der Waals surface area contributed by atoms with Crippen molar-refractivity contribution in [3.63, 3.8) is 0 Å². The van der Waals surface area contributed by atoms with Crippen LogP contribution in [0.15, 0.2) is 85.1 Å². The van der Waals surface area contributed by atoms with Crippen molar-refractivity contribution in [2.45, 2.75) is 11.5 Å². The predicted molar refractivity (Wildman–Crippen MR) is 93.1 cm³/mol. The minimum Gasteiger partial charge on any atom is -0.399 e. The van der Waals surface area contributed by atoms with Gasteiger partial charge in [0.15, 0.2) is 0 Å².